The monoisotopic (exact) mass is 389 g/mol. The van der Waals surface area contributed by atoms with Gasteiger partial charge in [0.1, 0.15) is 5.82 Å². The van der Waals surface area contributed by atoms with E-state index in [9.17, 15) is 9.59 Å². The predicted molar refractivity (Wildman–Crippen MR) is 109 cm³/mol. The minimum atomic E-state index is -0.157. The number of nitrogens with one attached hydrogen (secondary N) is 1. The Labute approximate surface area is 166 Å². The van der Waals surface area contributed by atoms with Crippen LogP contribution in [-0.4, -0.2) is 25.6 Å². The Hall–Kier alpha value is -3.81. The van der Waals surface area contributed by atoms with E-state index in [-0.39, 0.29) is 18.0 Å². The highest BCUT2D eigenvalue weighted by Crippen LogP contribution is 2.27. The summed E-state index contributed by atoms with van der Waals surface area (Å²) in [5.74, 6) is 1.11. The minimum Gasteiger partial charge on any atom is -0.334 e. The number of para-hydroxylation sites is 1. The van der Waals surface area contributed by atoms with Gasteiger partial charge in [0.05, 0.1) is 17.4 Å². The van der Waals surface area contributed by atoms with E-state index in [2.05, 4.69) is 20.4 Å². The lowest BCUT2D eigenvalue weighted by atomic mass is 10.1. The summed E-state index contributed by atoms with van der Waals surface area (Å²) in [4.78, 5) is 33.1. The van der Waals surface area contributed by atoms with Crippen molar-refractivity contribution in [2.75, 3.05) is 5.32 Å². The normalized spacial score (nSPS) is 11.0. The quantitative estimate of drug-likeness (QED) is 0.575. The Bertz CT molecular complexity index is 1290. The molecule has 1 amide bonds. The van der Waals surface area contributed by atoms with E-state index in [1.807, 2.05) is 31.2 Å². The van der Waals surface area contributed by atoms with E-state index >= 15 is 0 Å². The number of nitrogens with zero attached hydrogens (tertiary/aromatic N) is 4. The lowest BCUT2D eigenvalue weighted by Crippen LogP contribution is -2.24. The topological polar surface area (TPSA) is 103 Å². The average molecular weight is 389 g/mol. The summed E-state index contributed by atoms with van der Waals surface area (Å²) in [6.07, 6.45) is 0. The fourth-order valence-electron chi connectivity index (χ4n) is 3.23. The molecule has 0 aliphatic heterocycles. The van der Waals surface area contributed by atoms with Crippen molar-refractivity contribution in [1.29, 1.82) is 0 Å². The zero-order chi connectivity index (χ0) is 20.5. The number of carbonyl (C=O) groups is 1. The van der Waals surface area contributed by atoms with Gasteiger partial charge >= 0.3 is 0 Å². The molecule has 0 atom stereocenters. The summed E-state index contributed by atoms with van der Waals surface area (Å²) < 4.78 is 6.95. The van der Waals surface area contributed by atoms with Gasteiger partial charge in [0.15, 0.2) is 5.82 Å². The summed E-state index contributed by atoms with van der Waals surface area (Å²) >= 11 is 0. The largest absolute Gasteiger partial charge is 0.334 e. The van der Waals surface area contributed by atoms with Crippen LogP contribution in [0.25, 0.3) is 22.4 Å². The van der Waals surface area contributed by atoms with Gasteiger partial charge in [0, 0.05) is 18.2 Å². The van der Waals surface area contributed by atoms with Crippen LogP contribution in [-0.2, 0) is 11.3 Å². The molecule has 2 aromatic carbocycles. The number of hydrogen-bond donors (Lipinski definition) is 1. The number of aryl methyl sites for hydroxylation is 1. The smallest absolute Gasteiger partial charge is 0.261 e. The van der Waals surface area contributed by atoms with Gasteiger partial charge in [-0.1, -0.05) is 23.4 Å². The van der Waals surface area contributed by atoms with Crippen molar-refractivity contribution in [2.45, 2.75) is 27.3 Å². The highest BCUT2D eigenvalue weighted by molar-refractivity contribution is 5.90. The van der Waals surface area contributed by atoms with Gasteiger partial charge in [-0.2, -0.15) is 4.98 Å². The van der Waals surface area contributed by atoms with Crippen molar-refractivity contribution in [2.24, 2.45) is 0 Å². The Balaban J connectivity index is 1.69. The molecular weight excluding hydrogens is 370 g/mol. The van der Waals surface area contributed by atoms with Crippen LogP contribution in [0.5, 0.6) is 0 Å². The first-order chi connectivity index (χ1) is 13.9. The first-order valence-corrected chi connectivity index (χ1v) is 9.10. The van der Waals surface area contributed by atoms with Gasteiger partial charge in [0.25, 0.3) is 11.4 Å². The second kappa shape index (κ2) is 7.31. The standard InChI is InChI=1S/C21H19N5O3/c1-12-15(8-6-10-17(12)23-14(3)27)20-24-19(25-29-20)11-26-13(2)22-18-9-5-4-7-16(18)21(26)28/h4-10H,11H2,1-3H3,(H,23,27). The first-order valence-electron chi connectivity index (χ1n) is 9.10. The van der Waals surface area contributed by atoms with Crippen LogP contribution in [0.1, 0.15) is 24.1 Å². The molecule has 0 saturated carbocycles. The Morgan fingerprint density at radius 2 is 1.90 bits per heavy atom. The van der Waals surface area contributed by atoms with Crippen molar-refractivity contribution in [3.63, 3.8) is 0 Å². The SMILES string of the molecule is CC(=O)Nc1cccc(-c2nc(Cn3c(C)nc4ccccc4c3=O)no2)c1C. The van der Waals surface area contributed by atoms with E-state index in [4.69, 9.17) is 4.52 Å². The fourth-order valence-corrected chi connectivity index (χ4v) is 3.23. The average Bonchev–Trinajstić information content (AvgIpc) is 3.15. The Morgan fingerprint density at radius 3 is 2.69 bits per heavy atom. The minimum absolute atomic E-state index is 0.149. The van der Waals surface area contributed by atoms with Gasteiger partial charge in [0.2, 0.25) is 5.91 Å². The maximum Gasteiger partial charge on any atom is 0.261 e. The highest BCUT2D eigenvalue weighted by Gasteiger charge is 2.16. The Morgan fingerprint density at radius 1 is 1.10 bits per heavy atom. The zero-order valence-electron chi connectivity index (χ0n) is 16.3. The van der Waals surface area contributed by atoms with Gasteiger partial charge in [-0.25, -0.2) is 4.98 Å². The molecule has 0 radical (unpaired) electrons. The van der Waals surface area contributed by atoms with E-state index in [1.165, 1.54) is 11.5 Å². The molecule has 0 saturated heterocycles. The van der Waals surface area contributed by atoms with E-state index in [0.29, 0.717) is 34.1 Å². The zero-order valence-corrected chi connectivity index (χ0v) is 16.3. The molecule has 2 aromatic heterocycles. The van der Waals surface area contributed by atoms with Gasteiger partial charge in [-0.15, -0.1) is 0 Å². The molecule has 1 N–H and O–H groups in total. The highest BCUT2D eigenvalue weighted by atomic mass is 16.5. The molecule has 0 fully saturated rings. The summed E-state index contributed by atoms with van der Waals surface area (Å²) in [5, 5.41) is 7.34. The van der Waals surface area contributed by atoms with Crippen LogP contribution < -0.4 is 10.9 Å². The van der Waals surface area contributed by atoms with E-state index < -0.39 is 0 Å². The van der Waals surface area contributed by atoms with Gasteiger partial charge in [-0.3, -0.25) is 14.2 Å². The van der Waals surface area contributed by atoms with Crippen LogP contribution in [0.3, 0.4) is 0 Å². The Kier molecular flexibility index (Phi) is 4.67. The first kappa shape index (κ1) is 18.5. The van der Waals surface area contributed by atoms with Crippen molar-refractivity contribution in [3.05, 3.63) is 70.0 Å². The summed E-state index contributed by atoms with van der Waals surface area (Å²) in [6.45, 7) is 5.24. The molecule has 0 aliphatic carbocycles. The lowest BCUT2D eigenvalue weighted by Gasteiger charge is -2.09. The molecule has 0 spiro atoms. The third-order valence-electron chi connectivity index (χ3n) is 4.70. The maximum absolute atomic E-state index is 12.8. The second-order valence-electron chi connectivity index (χ2n) is 6.74. The molecule has 4 rings (SSSR count). The van der Waals surface area contributed by atoms with Crippen LogP contribution in [0.4, 0.5) is 5.69 Å². The molecule has 8 heteroatoms. The van der Waals surface area contributed by atoms with Crippen molar-refractivity contribution in [3.8, 4) is 11.5 Å². The molecule has 0 unspecified atom stereocenters. The molecule has 29 heavy (non-hydrogen) atoms. The van der Waals surface area contributed by atoms with E-state index in [1.54, 1.807) is 25.1 Å². The van der Waals surface area contributed by atoms with Crippen LogP contribution >= 0.6 is 0 Å². The number of hydrogen-bond acceptors (Lipinski definition) is 6. The maximum atomic E-state index is 12.8. The van der Waals surface area contributed by atoms with Crippen LogP contribution in [0, 0.1) is 13.8 Å². The number of benzene rings is 2. The van der Waals surface area contributed by atoms with Crippen LogP contribution in [0.2, 0.25) is 0 Å². The molecule has 2 heterocycles. The summed E-state index contributed by atoms with van der Waals surface area (Å²) in [5.41, 5.74) is 2.73. The predicted octanol–water partition coefficient (Wildman–Crippen LogP) is 3.07. The number of rotatable bonds is 4. The van der Waals surface area contributed by atoms with Gasteiger partial charge in [-0.05, 0) is 43.7 Å². The molecule has 8 nitrogen and oxygen atoms in total. The molecule has 146 valence electrons. The molecule has 0 aliphatic rings. The number of amides is 1. The van der Waals surface area contributed by atoms with Crippen molar-refractivity contribution in [1.82, 2.24) is 19.7 Å². The number of aromatic nitrogens is 4. The number of carbonyl (C=O) groups excluding carboxylic acids is 1. The second-order valence-corrected chi connectivity index (χ2v) is 6.74. The van der Waals surface area contributed by atoms with Crippen LogP contribution in [0.15, 0.2) is 51.8 Å². The summed E-state index contributed by atoms with van der Waals surface area (Å²) in [7, 11) is 0. The fraction of sp³-hybridized carbons (Fsp3) is 0.190. The third kappa shape index (κ3) is 3.52. The molecule has 0 bridgehead atoms. The summed E-state index contributed by atoms with van der Waals surface area (Å²) in [6, 6.07) is 12.7. The number of anilines is 1. The molecular formula is C21H19N5O3. The third-order valence-corrected chi connectivity index (χ3v) is 4.70. The van der Waals surface area contributed by atoms with Crippen molar-refractivity contribution >= 4 is 22.5 Å². The van der Waals surface area contributed by atoms with Crippen molar-refractivity contribution < 1.29 is 9.32 Å². The lowest BCUT2D eigenvalue weighted by molar-refractivity contribution is -0.114. The van der Waals surface area contributed by atoms with E-state index in [0.717, 1.165) is 11.1 Å². The number of fused-ring (bicyclic) bond motifs is 1. The molecule has 4 aromatic rings. The van der Waals surface area contributed by atoms with Gasteiger partial charge < -0.3 is 9.84 Å².